The van der Waals surface area contributed by atoms with Crippen LogP contribution in [-0.4, -0.2) is 4.98 Å². The van der Waals surface area contributed by atoms with Crippen molar-refractivity contribution in [1.29, 1.82) is 0 Å². The fourth-order valence-electron chi connectivity index (χ4n) is 4.42. The largest absolute Gasteiger partial charge is 0.287 e. The molecule has 3 heteroatoms. The summed E-state index contributed by atoms with van der Waals surface area (Å²) in [6.45, 7) is 2.19. The molecule has 0 N–H and O–H groups in total. The van der Waals surface area contributed by atoms with Gasteiger partial charge in [-0.1, -0.05) is 43.2 Å². The molecular formula is C23H23N2S+. The van der Waals surface area contributed by atoms with E-state index < -0.39 is 0 Å². The Labute approximate surface area is 158 Å². The maximum Gasteiger partial charge on any atom is 0.287 e. The van der Waals surface area contributed by atoms with Crippen LogP contribution in [0.25, 0.3) is 31.6 Å². The van der Waals surface area contributed by atoms with Gasteiger partial charge in [0.1, 0.15) is 4.70 Å². The van der Waals surface area contributed by atoms with Crippen LogP contribution in [0, 0.1) is 6.92 Å². The Balaban J connectivity index is 1.78. The predicted octanol–water partition coefficient (Wildman–Crippen LogP) is 5.91. The summed E-state index contributed by atoms with van der Waals surface area (Å²) in [5, 5.41) is 1.32. The van der Waals surface area contributed by atoms with E-state index in [1.165, 1.54) is 62.9 Å². The molecule has 4 aromatic rings. The minimum absolute atomic E-state index is 0.741. The molecule has 0 bridgehead atoms. The van der Waals surface area contributed by atoms with Crippen molar-refractivity contribution in [2.75, 3.05) is 0 Å². The molecule has 2 aromatic heterocycles. The van der Waals surface area contributed by atoms with Gasteiger partial charge < -0.3 is 0 Å². The topological polar surface area (TPSA) is 16.8 Å². The molecule has 0 atom stereocenters. The molecular weight excluding hydrogens is 336 g/mol. The second-order valence-corrected chi connectivity index (χ2v) is 8.59. The Bertz CT molecular complexity index is 1120. The van der Waals surface area contributed by atoms with Gasteiger partial charge in [0.15, 0.2) is 5.69 Å². The summed E-state index contributed by atoms with van der Waals surface area (Å²) in [5.74, 6) is 0.741. The van der Waals surface area contributed by atoms with Gasteiger partial charge in [0, 0.05) is 15.6 Å². The summed E-state index contributed by atoms with van der Waals surface area (Å²) in [5.41, 5.74) is 6.53. The summed E-state index contributed by atoms with van der Waals surface area (Å²) in [4.78, 5) is 4.83. The third-order valence-corrected chi connectivity index (χ3v) is 7.01. The van der Waals surface area contributed by atoms with Gasteiger partial charge in [0.2, 0.25) is 5.52 Å². The summed E-state index contributed by atoms with van der Waals surface area (Å²) < 4.78 is 4.80. The number of fused-ring (bicyclic) bond motifs is 3. The number of benzene rings is 2. The molecule has 2 nitrogen and oxygen atoms in total. The molecule has 26 heavy (non-hydrogen) atoms. The molecule has 0 radical (unpaired) electrons. The maximum atomic E-state index is 4.83. The van der Waals surface area contributed by atoms with Gasteiger partial charge in [0.05, 0.1) is 7.05 Å². The van der Waals surface area contributed by atoms with Gasteiger partial charge in [-0.15, -0.1) is 11.3 Å². The Morgan fingerprint density at radius 2 is 1.88 bits per heavy atom. The molecule has 1 saturated carbocycles. The molecule has 1 fully saturated rings. The molecule has 5 rings (SSSR count). The molecule has 0 spiro atoms. The molecule has 2 heterocycles. The SMILES string of the molecule is Cc1ccccc1-c1c2sc3ccc(C4CCCC4)cc3c2nc[n+]1C. The number of hydrogen-bond donors (Lipinski definition) is 0. The van der Waals surface area contributed by atoms with Gasteiger partial charge in [-0.05, 0) is 53.9 Å². The summed E-state index contributed by atoms with van der Waals surface area (Å²) in [7, 11) is 2.10. The normalized spacial score (nSPS) is 15.3. The Kier molecular flexibility index (Phi) is 3.79. The first kappa shape index (κ1) is 16.0. The zero-order valence-electron chi connectivity index (χ0n) is 15.3. The van der Waals surface area contributed by atoms with E-state index in [9.17, 15) is 0 Å². The third-order valence-electron chi connectivity index (χ3n) is 5.84. The lowest BCUT2D eigenvalue weighted by Crippen LogP contribution is -2.31. The second-order valence-electron chi connectivity index (χ2n) is 7.54. The van der Waals surface area contributed by atoms with Crippen molar-refractivity contribution in [2.45, 2.75) is 38.5 Å². The third kappa shape index (κ3) is 2.45. The van der Waals surface area contributed by atoms with Gasteiger partial charge in [-0.2, -0.15) is 0 Å². The van der Waals surface area contributed by atoms with Crippen molar-refractivity contribution >= 4 is 31.6 Å². The van der Waals surface area contributed by atoms with E-state index in [4.69, 9.17) is 4.98 Å². The van der Waals surface area contributed by atoms with E-state index in [1.807, 2.05) is 17.7 Å². The van der Waals surface area contributed by atoms with Crippen LogP contribution in [0.5, 0.6) is 0 Å². The summed E-state index contributed by atoms with van der Waals surface area (Å²) in [6, 6.07) is 15.7. The Hall–Kier alpha value is -2.26. The average molecular weight is 360 g/mol. The van der Waals surface area contributed by atoms with E-state index in [1.54, 1.807) is 0 Å². The van der Waals surface area contributed by atoms with Crippen LogP contribution in [0.1, 0.15) is 42.7 Å². The lowest BCUT2D eigenvalue weighted by Gasteiger charge is -2.08. The first-order valence-corrected chi connectivity index (χ1v) is 10.3. The molecule has 1 aliphatic carbocycles. The number of rotatable bonds is 2. The fourth-order valence-corrected chi connectivity index (χ4v) is 5.65. The molecule has 0 amide bonds. The van der Waals surface area contributed by atoms with E-state index >= 15 is 0 Å². The Morgan fingerprint density at radius 3 is 2.69 bits per heavy atom. The lowest BCUT2D eigenvalue weighted by atomic mass is 9.96. The van der Waals surface area contributed by atoms with Gasteiger partial charge in [-0.25, -0.2) is 4.57 Å². The number of aryl methyl sites for hydroxylation is 2. The van der Waals surface area contributed by atoms with E-state index in [0.717, 1.165) is 11.4 Å². The molecule has 2 aromatic carbocycles. The highest BCUT2D eigenvalue weighted by Crippen LogP contribution is 2.41. The zero-order chi connectivity index (χ0) is 17.7. The van der Waals surface area contributed by atoms with E-state index in [2.05, 4.69) is 61.0 Å². The molecule has 0 aliphatic heterocycles. The number of thiophene rings is 1. The van der Waals surface area contributed by atoms with Crippen molar-refractivity contribution < 1.29 is 4.57 Å². The highest BCUT2D eigenvalue weighted by Gasteiger charge is 2.23. The fraction of sp³-hybridized carbons (Fsp3) is 0.304. The van der Waals surface area contributed by atoms with Crippen LogP contribution < -0.4 is 4.57 Å². The number of hydrogen-bond acceptors (Lipinski definition) is 2. The van der Waals surface area contributed by atoms with Gasteiger partial charge in [-0.3, -0.25) is 0 Å². The van der Waals surface area contributed by atoms with E-state index in [0.29, 0.717) is 0 Å². The van der Waals surface area contributed by atoms with Gasteiger partial charge >= 0.3 is 0 Å². The minimum atomic E-state index is 0.741. The molecule has 130 valence electrons. The smallest absolute Gasteiger partial charge is 0.231 e. The van der Waals surface area contributed by atoms with Crippen molar-refractivity contribution in [3.05, 3.63) is 59.9 Å². The number of nitrogens with zero attached hydrogens (tertiary/aromatic N) is 2. The van der Waals surface area contributed by atoms with Crippen molar-refractivity contribution in [1.82, 2.24) is 4.98 Å². The van der Waals surface area contributed by atoms with Crippen LogP contribution in [0.4, 0.5) is 0 Å². The maximum absolute atomic E-state index is 4.83. The summed E-state index contributed by atoms with van der Waals surface area (Å²) >= 11 is 1.87. The van der Waals surface area contributed by atoms with Crippen LogP contribution in [0.2, 0.25) is 0 Å². The minimum Gasteiger partial charge on any atom is -0.231 e. The van der Waals surface area contributed by atoms with Crippen LogP contribution in [0.3, 0.4) is 0 Å². The quantitative estimate of drug-likeness (QED) is 0.407. The van der Waals surface area contributed by atoms with Crippen LogP contribution in [-0.2, 0) is 7.05 Å². The average Bonchev–Trinajstić information content (AvgIpc) is 3.29. The van der Waals surface area contributed by atoms with Crippen LogP contribution in [0.15, 0.2) is 48.8 Å². The molecule has 1 aliphatic rings. The standard InChI is InChI=1S/C23H23N2S/c1-15-7-3-6-10-18(15)22-23-21(24-14-25(22)2)19-13-17(11-12-20(19)26-23)16-8-4-5-9-16/h3,6-7,10-14,16H,4-5,8-9H2,1-2H3/q+1. The zero-order valence-corrected chi connectivity index (χ0v) is 16.1. The monoisotopic (exact) mass is 359 g/mol. The lowest BCUT2D eigenvalue weighted by molar-refractivity contribution is -0.662. The van der Waals surface area contributed by atoms with Crippen molar-refractivity contribution in [2.24, 2.45) is 7.05 Å². The highest BCUT2D eigenvalue weighted by molar-refractivity contribution is 7.26. The predicted molar refractivity (Wildman–Crippen MR) is 110 cm³/mol. The number of aromatic nitrogens is 2. The molecule has 0 saturated heterocycles. The van der Waals surface area contributed by atoms with Gasteiger partial charge in [0.25, 0.3) is 6.33 Å². The van der Waals surface area contributed by atoms with Crippen molar-refractivity contribution in [3.63, 3.8) is 0 Å². The van der Waals surface area contributed by atoms with Crippen molar-refractivity contribution in [3.8, 4) is 11.3 Å². The van der Waals surface area contributed by atoms with E-state index in [-0.39, 0.29) is 0 Å². The summed E-state index contributed by atoms with van der Waals surface area (Å²) in [6.07, 6.45) is 7.39. The second kappa shape index (κ2) is 6.17. The first-order chi connectivity index (χ1) is 12.7. The Morgan fingerprint density at radius 1 is 1.08 bits per heavy atom. The van der Waals surface area contributed by atoms with Crippen LogP contribution >= 0.6 is 11.3 Å². The molecule has 0 unspecified atom stereocenters. The highest BCUT2D eigenvalue weighted by atomic mass is 32.1. The first-order valence-electron chi connectivity index (χ1n) is 9.49.